The van der Waals surface area contributed by atoms with Crippen molar-refractivity contribution < 1.29 is 14.3 Å². The maximum Gasteiger partial charge on any atom is 0.229 e. The van der Waals surface area contributed by atoms with Gasteiger partial charge in [-0.2, -0.15) is 0 Å². The van der Waals surface area contributed by atoms with Crippen molar-refractivity contribution in [3.8, 4) is 22.8 Å². The minimum absolute atomic E-state index is 0.144. The zero-order valence-electron chi connectivity index (χ0n) is 16.0. The number of amides is 1. The zero-order valence-corrected chi connectivity index (χ0v) is 16.7. The van der Waals surface area contributed by atoms with Crippen molar-refractivity contribution in [3.05, 3.63) is 77.4 Å². The number of halogens is 1. The Morgan fingerprint density at radius 1 is 1.07 bits per heavy atom. The molecule has 5 rings (SSSR count). The predicted molar refractivity (Wildman–Crippen MR) is 115 cm³/mol. The lowest BCUT2D eigenvalue weighted by Crippen LogP contribution is -2.18. The minimum atomic E-state index is -0.175. The Kier molecular flexibility index (Phi) is 4.77. The largest absolute Gasteiger partial charge is 0.486 e. The molecule has 0 saturated carbocycles. The number of hydrogen-bond donors (Lipinski definition) is 1. The van der Waals surface area contributed by atoms with Crippen molar-refractivity contribution in [1.29, 1.82) is 0 Å². The molecule has 4 aromatic rings. The first kappa shape index (κ1) is 18.5. The Morgan fingerprint density at radius 3 is 2.73 bits per heavy atom. The number of fused-ring (bicyclic) bond motifs is 2. The van der Waals surface area contributed by atoms with Gasteiger partial charge in [0.2, 0.25) is 5.91 Å². The monoisotopic (exact) mass is 419 g/mol. The van der Waals surface area contributed by atoms with E-state index in [1.807, 2.05) is 59.1 Å². The molecule has 0 aliphatic carbocycles. The number of hydrogen-bond acceptors (Lipinski definition) is 4. The van der Waals surface area contributed by atoms with E-state index < -0.39 is 0 Å². The molecule has 0 atom stereocenters. The second kappa shape index (κ2) is 7.72. The molecule has 0 unspecified atom stereocenters. The number of nitrogens with one attached hydrogen (secondary N) is 1. The van der Waals surface area contributed by atoms with Gasteiger partial charge in [-0.3, -0.25) is 9.20 Å². The molecule has 2 aromatic heterocycles. The molecule has 1 aliphatic heterocycles. The van der Waals surface area contributed by atoms with Crippen LogP contribution >= 0.6 is 11.6 Å². The van der Waals surface area contributed by atoms with E-state index >= 15 is 0 Å². The molecule has 1 aliphatic rings. The third kappa shape index (κ3) is 3.46. The van der Waals surface area contributed by atoms with Crippen molar-refractivity contribution in [3.63, 3.8) is 0 Å². The SMILES string of the molecule is O=C(Cc1cc(Cl)c2c(c1)OCCO2)Nc1c(-c2ccccc2)nc2ccccn12. The average Bonchev–Trinajstić information content (AvgIpc) is 3.13. The summed E-state index contributed by atoms with van der Waals surface area (Å²) in [4.78, 5) is 17.6. The van der Waals surface area contributed by atoms with Gasteiger partial charge in [-0.1, -0.05) is 48.0 Å². The highest BCUT2D eigenvalue weighted by molar-refractivity contribution is 6.32. The fourth-order valence-corrected chi connectivity index (χ4v) is 3.83. The summed E-state index contributed by atoms with van der Waals surface area (Å²) < 4.78 is 13.0. The number of nitrogens with zero attached hydrogens (tertiary/aromatic N) is 2. The van der Waals surface area contributed by atoms with E-state index in [0.29, 0.717) is 35.6 Å². The van der Waals surface area contributed by atoms with Crippen LogP contribution in [0.25, 0.3) is 16.9 Å². The van der Waals surface area contributed by atoms with Crippen LogP contribution in [0.5, 0.6) is 11.5 Å². The molecule has 3 heterocycles. The number of pyridine rings is 1. The van der Waals surface area contributed by atoms with E-state index in [4.69, 9.17) is 26.1 Å². The van der Waals surface area contributed by atoms with Crippen LogP contribution in [0.4, 0.5) is 5.82 Å². The van der Waals surface area contributed by atoms with Crippen LogP contribution in [0.2, 0.25) is 5.02 Å². The smallest absolute Gasteiger partial charge is 0.229 e. The van der Waals surface area contributed by atoms with Gasteiger partial charge in [-0.25, -0.2) is 4.98 Å². The molecular weight excluding hydrogens is 402 g/mol. The second-order valence-electron chi connectivity index (χ2n) is 6.93. The molecular formula is C23H18ClN3O3. The van der Waals surface area contributed by atoms with Gasteiger partial charge in [0.25, 0.3) is 0 Å². The fourth-order valence-electron chi connectivity index (χ4n) is 3.54. The van der Waals surface area contributed by atoms with Crippen molar-refractivity contribution in [2.45, 2.75) is 6.42 Å². The number of benzene rings is 2. The Balaban J connectivity index is 1.46. The molecule has 0 saturated heterocycles. The summed E-state index contributed by atoms with van der Waals surface area (Å²) in [5.74, 6) is 1.55. The summed E-state index contributed by atoms with van der Waals surface area (Å²) in [5, 5.41) is 3.47. The molecule has 0 radical (unpaired) electrons. The van der Waals surface area contributed by atoms with Crippen LogP contribution in [0, 0.1) is 0 Å². The van der Waals surface area contributed by atoms with Gasteiger partial charge in [0, 0.05) is 11.8 Å². The van der Waals surface area contributed by atoms with Gasteiger partial charge in [-0.05, 0) is 29.8 Å². The Bertz CT molecular complexity index is 1240. The lowest BCUT2D eigenvalue weighted by atomic mass is 10.1. The molecule has 150 valence electrons. The first-order chi connectivity index (χ1) is 14.7. The van der Waals surface area contributed by atoms with Crippen LogP contribution in [-0.2, 0) is 11.2 Å². The summed E-state index contributed by atoms with van der Waals surface area (Å²) in [6.07, 6.45) is 2.02. The standard InChI is InChI=1S/C23H18ClN3O3/c24-17-12-15(13-18-22(17)30-11-10-29-18)14-20(28)26-23-21(16-6-2-1-3-7-16)25-19-8-4-5-9-27(19)23/h1-9,12-13H,10-11,14H2,(H,26,28). The molecule has 7 heteroatoms. The normalized spacial score (nSPS) is 12.7. The van der Waals surface area contributed by atoms with Crippen molar-refractivity contribution in [2.24, 2.45) is 0 Å². The molecule has 6 nitrogen and oxygen atoms in total. The first-order valence-electron chi connectivity index (χ1n) is 9.59. The third-order valence-electron chi connectivity index (χ3n) is 4.86. The van der Waals surface area contributed by atoms with Crippen LogP contribution in [-0.4, -0.2) is 28.5 Å². The van der Waals surface area contributed by atoms with E-state index in [2.05, 4.69) is 5.32 Å². The highest BCUT2D eigenvalue weighted by Crippen LogP contribution is 2.38. The highest BCUT2D eigenvalue weighted by atomic mass is 35.5. The van der Waals surface area contributed by atoms with E-state index in [1.54, 1.807) is 12.1 Å². The quantitative estimate of drug-likeness (QED) is 0.524. The minimum Gasteiger partial charge on any atom is -0.486 e. The summed E-state index contributed by atoms with van der Waals surface area (Å²) >= 11 is 6.31. The number of rotatable bonds is 4. The first-order valence-corrected chi connectivity index (χ1v) is 9.97. The van der Waals surface area contributed by atoms with E-state index in [0.717, 1.165) is 22.5 Å². The lowest BCUT2D eigenvalue weighted by Gasteiger charge is -2.20. The Morgan fingerprint density at radius 2 is 1.87 bits per heavy atom. The van der Waals surface area contributed by atoms with Gasteiger partial charge >= 0.3 is 0 Å². The number of anilines is 1. The molecule has 1 N–H and O–H groups in total. The molecule has 1 amide bonds. The van der Waals surface area contributed by atoms with Gasteiger partial charge in [0.15, 0.2) is 11.5 Å². The van der Waals surface area contributed by atoms with Crippen LogP contribution < -0.4 is 14.8 Å². The van der Waals surface area contributed by atoms with Crippen LogP contribution in [0.3, 0.4) is 0 Å². The third-order valence-corrected chi connectivity index (χ3v) is 5.14. The van der Waals surface area contributed by atoms with E-state index in [-0.39, 0.29) is 12.3 Å². The Labute approximate surface area is 178 Å². The van der Waals surface area contributed by atoms with Gasteiger partial charge in [0.1, 0.15) is 30.4 Å². The molecule has 0 spiro atoms. The topological polar surface area (TPSA) is 64.9 Å². The maximum absolute atomic E-state index is 12.9. The maximum atomic E-state index is 12.9. The fraction of sp³-hybridized carbons (Fsp3) is 0.130. The number of imidazole rings is 1. The van der Waals surface area contributed by atoms with Crippen molar-refractivity contribution in [2.75, 3.05) is 18.5 Å². The summed E-state index contributed by atoms with van der Waals surface area (Å²) in [6, 6.07) is 19.0. The molecule has 2 aromatic carbocycles. The van der Waals surface area contributed by atoms with Gasteiger partial charge in [0.05, 0.1) is 11.4 Å². The predicted octanol–water partition coefficient (Wildman–Crippen LogP) is 4.61. The lowest BCUT2D eigenvalue weighted by molar-refractivity contribution is -0.115. The van der Waals surface area contributed by atoms with Gasteiger partial charge < -0.3 is 14.8 Å². The number of carbonyl (C=O) groups excluding carboxylic acids is 1. The summed E-state index contributed by atoms with van der Waals surface area (Å²) in [5.41, 5.74) is 3.15. The Hall–Kier alpha value is -3.51. The van der Waals surface area contributed by atoms with E-state index in [1.165, 1.54) is 0 Å². The number of aromatic nitrogens is 2. The molecule has 30 heavy (non-hydrogen) atoms. The number of carbonyl (C=O) groups is 1. The van der Waals surface area contributed by atoms with Crippen molar-refractivity contribution >= 4 is 29.0 Å². The summed E-state index contributed by atoms with van der Waals surface area (Å²) in [7, 11) is 0. The average molecular weight is 420 g/mol. The summed E-state index contributed by atoms with van der Waals surface area (Å²) in [6.45, 7) is 0.921. The second-order valence-corrected chi connectivity index (χ2v) is 7.34. The molecule has 0 bridgehead atoms. The van der Waals surface area contributed by atoms with Crippen LogP contribution in [0.15, 0.2) is 66.9 Å². The van der Waals surface area contributed by atoms with Crippen molar-refractivity contribution in [1.82, 2.24) is 9.38 Å². The highest BCUT2D eigenvalue weighted by Gasteiger charge is 2.20. The van der Waals surface area contributed by atoms with Crippen LogP contribution in [0.1, 0.15) is 5.56 Å². The zero-order chi connectivity index (χ0) is 20.5. The van der Waals surface area contributed by atoms with E-state index in [9.17, 15) is 4.79 Å². The van der Waals surface area contributed by atoms with Gasteiger partial charge in [-0.15, -0.1) is 0 Å². The number of ether oxygens (including phenoxy) is 2. The molecule has 0 fully saturated rings.